The quantitative estimate of drug-likeness (QED) is 0.282. The molecule has 7 rings (SSSR count). The average Bonchev–Trinajstić information content (AvgIpc) is 3.51. The summed E-state index contributed by atoms with van der Waals surface area (Å²) in [6, 6.07) is 15.0. The fourth-order valence-electron chi connectivity index (χ4n) is 6.63. The van der Waals surface area contributed by atoms with Crippen LogP contribution >= 0.6 is 0 Å². The van der Waals surface area contributed by atoms with Gasteiger partial charge in [0.25, 0.3) is 11.5 Å². The van der Waals surface area contributed by atoms with E-state index in [4.69, 9.17) is 0 Å². The molecule has 1 fully saturated rings. The number of fused-ring (bicyclic) bond motifs is 2. The maximum atomic E-state index is 14.4. The van der Waals surface area contributed by atoms with Crippen LogP contribution < -0.4 is 16.6 Å². The van der Waals surface area contributed by atoms with Gasteiger partial charge in [-0.25, -0.2) is 23.7 Å². The Morgan fingerprint density at radius 2 is 1.78 bits per heavy atom. The number of halogens is 1. The van der Waals surface area contributed by atoms with Crippen molar-refractivity contribution in [1.29, 1.82) is 0 Å². The maximum absolute atomic E-state index is 14.4. The summed E-state index contributed by atoms with van der Waals surface area (Å²) >= 11 is 0. The Bertz CT molecular complexity index is 2030. The van der Waals surface area contributed by atoms with Crippen LogP contribution in [0.3, 0.4) is 0 Å². The highest BCUT2D eigenvalue weighted by Gasteiger charge is 2.29. The molecular weight excluding hydrogens is 575 g/mol. The number of aryl methyl sites for hydroxylation is 2. The van der Waals surface area contributed by atoms with E-state index < -0.39 is 23.1 Å². The van der Waals surface area contributed by atoms with Gasteiger partial charge in [0.2, 0.25) is 0 Å². The molecule has 10 nitrogen and oxygen atoms in total. The minimum Gasteiger partial charge on any atom is -0.348 e. The summed E-state index contributed by atoms with van der Waals surface area (Å²) < 4.78 is 18.9. The molecule has 0 radical (unpaired) electrons. The molecule has 0 bridgehead atoms. The van der Waals surface area contributed by atoms with Gasteiger partial charge in [0.05, 0.1) is 17.3 Å². The van der Waals surface area contributed by atoms with Gasteiger partial charge >= 0.3 is 5.69 Å². The third kappa shape index (κ3) is 5.28. The standard InChI is InChI=1S/C34H31FN6O4/c35-24-17-27-31(36-18-24)41(29-16-22(9-10-23(29)20-42)21-6-2-1-3-7-21)34(45)40(33(27)44)26-13-11-25(12-14-26)37-32(43)28-19-39-15-5-4-8-30(39)38-28/h1-3,6-7,9-10,16-20,25-26H,4-5,8,11-15H2,(H,37,43)/t25-,26+. The maximum Gasteiger partial charge on any atom is 0.337 e. The molecular formula is C34H31FN6O4. The molecule has 1 amide bonds. The van der Waals surface area contributed by atoms with Crippen molar-refractivity contribution in [2.75, 3.05) is 0 Å². The van der Waals surface area contributed by atoms with Gasteiger partial charge in [-0.3, -0.25) is 19.0 Å². The largest absolute Gasteiger partial charge is 0.348 e. The third-order valence-corrected chi connectivity index (χ3v) is 8.94. The number of hydrogen-bond acceptors (Lipinski definition) is 6. The minimum absolute atomic E-state index is 0.0281. The molecule has 2 aromatic carbocycles. The van der Waals surface area contributed by atoms with Gasteiger partial charge < -0.3 is 9.88 Å². The lowest BCUT2D eigenvalue weighted by Crippen LogP contribution is -2.45. The Balaban J connectivity index is 1.23. The van der Waals surface area contributed by atoms with E-state index in [-0.39, 0.29) is 34.2 Å². The minimum atomic E-state index is -0.711. The summed E-state index contributed by atoms with van der Waals surface area (Å²) in [4.78, 5) is 61.8. The molecule has 1 saturated carbocycles. The number of carbonyl (C=O) groups is 2. The molecule has 0 atom stereocenters. The lowest BCUT2D eigenvalue weighted by molar-refractivity contribution is 0.0916. The molecule has 11 heteroatoms. The number of benzene rings is 2. The highest BCUT2D eigenvalue weighted by atomic mass is 19.1. The lowest BCUT2D eigenvalue weighted by Gasteiger charge is -2.30. The van der Waals surface area contributed by atoms with Crippen molar-refractivity contribution in [2.24, 2.45) is 0 Å². The molecule has 3 aromatic heterocycles. The van der Waals surface area contributed by atoms with Crippen molar-refractivity contribution in [3.8, 4) is 16.8 Å². The zero-order valence-electron chi connectivity index (χ0n) is 24.5. The normalized spacial score (nSPS) is 18.0. The zero-order chi connectivity index (χ0) is 31.1. The summed E-state index contributed by atoms with van der Waals surface area (Å²) in [5, 5.41) is 3.01. The summed E-state index contributed by atoms with van der Waals surface area (Å²) in [6.07, 6.45) is 8.37. The third-order valence-electron chi connectivity index (χ3n) is 8.94. The number of carbonyl (C=O) groups excluding carboxylic acids is 2. The van der Waals surface area contributed by atoms with E-state index in [1.807, 2.05) is 34.9 Å². The smallest absolute Gasteiger partial charge is 0.337 e. The van der Waals surface area contributed by atoms with Gasteiger partial charge in [-0.2, -0.15) is 0 Å². The first kappa shape index (κ1) is 28.6. The van der Waals surface area contributed by atoms with Gasteiger partial charge in [0.15, 0.2) is 11.9 Å². The van der Waals surface area contributed by atoms with Crippen LogP contribution in [-0.4, -0.2) is 41.9 Å². The van der Waals surface area contributed by atoms with E-state index in [9.17, 15) is 23.6 Å². The van der Waals surface area contributed by atoms with Crippen LogP contribution in [0.1, 0.15) is 71.2 Å². The number of nitrogens with zero attached hydrogens (tertiary/aromatic N) is 5. The fraction of sp³-hybridized carbons (Fsp3) is 0.294. The zero-order valence-corrected chi connectivity index (χ0v) is 24.5. The number of imidazole rings is 1. The molecule has 1 N–H and O–H groups in total. The Morgan fingerprint density at radius 3 is 2.53 bits per heavy atom. The number of aromatic nitrogens is 5. The first-order valence-corrected chi connectivity index (χ1v) is 15.3. The second-order valence-electron chi connectivity index (χ2n) is 11.7. The molecule has 5 aromatic rings. The number of aldehydes is 1. The summed E-state index contributed by atoms with van der Waals surface area (Å²) in [5.41, 5.74) is 1.18. The van der Waals surface area contributed by atoms with Crippen LogP contribution in [0.2, 0.25) is 0 Å². The molecule has 1 aliphatic heterocycles. The van der Waals surface area contributed by atoms with Gasteiger partial charge in [0.1, 0.15) is 17.3 Å². The van der Waals surface area contributed by atoms with Crippen LogP contribution in [0.15, 0.2) is 76.6 Å². The molecule has 1 aliphatic carbocycles. The van der Waals surface area contributed by atoms with E-state index in [0.717, 1.165) is 59.6 Å². The van der Waals surface area contributed by atoms with Crippen LogP contribution in [0.25, 0.3) is 27.8 Å². The summed E-state index contributed by atoms with van der Waals surface area (Å²) in [5.74, 6) is -0.00997. The van der Waals surface area contributed by atoms with E-state index in [1.165, 1.54) is 4.57 Å². The number of hydrogen-bond donors (Lipinski definition) is 1. The highest BCUT2D eigenvalue weighted by Crippen LogP contribution is 2.29. The van der Waals surface area contributed by atoms with Crippen LogP contribution in [-0.2, 0) is 13.0 Å². The molecule has 45 heavy (non-hydrogen) atoms. The van der Waals surface area contributed by atoms with Crippen molar-refractivity contribution < 1.29 is 14.0 Å². The first-order chi connectivity index (χ1) is 21.9. The van der Waals surface area contributed by atoms with Gasteiger partial charge in [0, 0.05) is 36.8 Å². The highest BCUT2D eigenvalue weighted by molar-refractivity contribution is 5.92. The van der Waals surface area contributed by atoms with Gasteiger partial charge in [-0.15, -0.1) is 0 Å². The average molecular weight is 607 g/mol. The van der Waals surface area contributed by atoms with E-state index in [2.05, 4.69) is 15.3 Å². The molecule has 228 valence electrons. The van der Waals surface area contributed by atoms with Crippen LogP contribution in [0, 0.1) is 5.82 Å². The molecule has 0 saturated heterocycles. The predicted octanol–water partition coefficient (Wildman–Crippen LogP) is 4.61. The lowest BCUT2D eigenvalue weighted by atomic mass is 9.90. The molecule has 0 spiro atoms. The van der Waals surface area contributed by atoms with Crippen molar-refractivity contribution in [3.63, 3.8) is 0 Å². The van der Waals surface area contributed by atoms with Crippen molar-refractivity contribution in [3.05, 3.63) is 111 Å². The van der Waals surface area contributed by atoms with Crippen molar-refractivity contribution in [1.82, 2.24) is 29.0 Å². The van der Waals surface area contributed by atoms with Crippen LogP contribution in [0.5, 0.6) is 0 Å². The summed E-state index contributed by atoms with van der Waals surface area (Å²) in [7, 11) is 0. The number of pyridine rings is 1. The Labute approximate surface area is 257 Å². The number of rotatable bonds is 6. The van der Waals surface area contributed by atoms with Crippen molar-refractivity contribution >= 4 is 23.2 Å². The SMILES string of the molecule is O=Cc1ccc(-c2ccccc2)cc1-n1c(=O)n([C@H]2CC[C@@H](NC(=O)c3cn4c(n3)CCCC4)CC2)c(=O)c2cc(F)cnc21. The van der Waals surface area contributed by atoms with E-state index in [0.29, 0.717) is 37.7 Å². The predicted molar refractivity (Wildman–Crippen MR) is 166 cm³/mol. The van der Waals surface area contributed by atoms with E-state index >= 15 is 0 Å². The molecule has 4 heterocycles. The Kier molecular flexibility index (Phi) is 7.44. The monoisotopic (exact) mass is 606 g/mol. The number of amides is 1. The Morgan fingerprint density at radius 1 is 0.978 bits per heavy atom. The number of nitrogens with one attached hydrogen (secondary N) is 1. The van der Waals surface area contributed by atoms with Gasteiger partial charge in [-0.05, 0) is 67.9 Å². The fourth-order valence-corrected chi connectivity index (χ4v) is 6.63. The van der Waals surface area contributed by atoms with Gasteiger partial charge in [-0.1, -0.05) is 36.4 Å². The Hall–Kier alpha value is -5.19. The molecule has 2 aliphatic rings. The molecule has 0 unspecified atom stereocenters. The second-order valence-corrected chi connectivity index (χ2v) is 11.7. The van der Waals surface area contributed by atoms with E-state index in [1.54, 1.807) is 24.4 Å². The van der Waals surface area contributed by atoms with Crippen LogP contribution in [0.4, 0.5) is 4.39 Å². The first-order valence-electron chi connectivity index (χ1n) is 15.3. The summed E-state index contributed by atoms with van der Waals surface area (Å²) in [6.45, 7) is 0.864. The van der Waals surface area contributed by atoms with Crippen molar-refractivity contribution in [2.45, 2.75) is 63.6 Å². The topological polar surface area (TPSA) is 121 Å². The second kappa shape index (κ2) is 11.7.